The van der Waals surface area contributed by atoms with Crippen LogP contribution in [0.1, 0.15) is 38.3 Å². The van der Waals surface area contributed by atoms with E-state index in [4.69, 9.17) is 5.26 Å². The summed E-state index contributed by atoms with van der Waals surface area (Å²) in [6.07, 6.45) is 1.58. The quantitative estimate of drug-likeness (QED) is 0.904. The minimum Gasteiger partial charge on any atom is -0.336 e. The van der Waals surface area contributed by atoms with E-state index in [1.165, 1.54) is 0 Å². The maximum Gasteiger partial charge on any atom is 0.224 e. The molecule has 1 atom stereocenters. The molecule has 0 heterocycles. The van der Waals surface area contributed by atoms with Crippen LogP contribution in [0.25, 0.3) is 0 Å². The number of benzene rings is 1. The van der Waals surface area contributed by atoms with Crippen molar-refractivity contribution < 1.29 is 4.79 Å². The minimum absolute atomic E-state index is 0.0173. The molecule has 3 nitrogen and oxygen atoms in total. The lowest BCUT2D eigenvalue weighted by molar-refractivity contribution is -0.125. The number of amides is 1. The number of nitrogens with one attached hydrogen (secondary N) is 1. The number of halogens is 1. The fourth-order valence-corrected chi connectivity index (χ4v) is 2.03. The van der Waals surface area contributed by atoms with Gasteiger partial charge in [-0.3, -0.25) is 4.79 Å². The van der Waals surface area contributed by atoms with Gasteiger partial charge in [0.1, 0.15) is 6.04 Å². The SMILES string of the molecule is CCC(CC)C(=O)NC(C#N)c1ccc(Br)cc1. The Hall–Kier alpha value is -1.34. The van der Waals surface area contributed by atoms with E-state index in [2.05, 4.69) is 27.3 Å². The fourth-order valence-electron chi connectivity index (χ4n) is 1.76. The van der Waals surface area contributed by atoms with Gasteiger partial charge in [-0.15, -0.1) is 0 Å². The zero-order chi connectivity index (χ0) is 13.5. The summed E-state index contributed by atoms with van der Waals surface area (Å²) in [5, 5.41) is 11.9. The Morgan fingerprint density at radius 1 is 1.33 bits per heavy atom. The summed E-state index contributed by atoms with van der Waals surface area (Å²) in [5.74, 6) is -0.0641. The van der Waals surface area contributed by atoms with Crippen molar-refractivity contribution in [3.05, 3.63) is 34.3 Å². The fraction of sp³-hybridized carbons (Fsp3) is 0.429. The van der Waals surface area contributed by atoms with E-state index in [0.29, 0.717) is 0 Å². The van der Waals surface area contributed by atoms with Crippen LogP contribution in [0.15, 0.2) is 28.7 Å². The van der Waals surface area contributed by atoms with Gasteiger partial charge < -0.3 is 5.32 Å². The van der Waals surface area contributed by atoms with Crippen molar-refractivity contribution in [2.75, 3.05) is 0 Å². The lowest BCUT2D eigenvalue weighted by Crippen LogP contribution is -2.33. The molecule has 0 radical (unpaired) electrons. The summed E-state index contributed by atoms with van der Waals surface area (Å²) in [6.45, 7) is 3.96. The third-order valence-electron chi connectivity index (χ3n) is 2.98. The van der Waals surface area contributed by atoms with Crippen molar-refractivity contribution in [1.29, 1.82) is 5.26 Å². The highest BCUT2D eigenvalue weighted by Crippen LogP contribution is 2.18. The molecule has 0 aliphatic carbocycles. The standard InChI is InChI=1S/C14H17BrN2O/c1-3-10(4-2)14(18)17-13(9-16)11-5-7-12(15)8-6-11/h5-8,10,13H,3-4H2,1-2H3,(H,17,18). The van der Waals surface area contributed by atoms with Crippen molar-refractivity contribution in [3.63, 3.8) is 0 Å². The third-order valence-corrected chi connectivity index (χ3v) is 3.50. The highest BCUT2D eigenvalue weighted by Gasteiger charge is 2.19. The van der Waals surface area contributed by atoms with Gasteiger partial charge in [0.2, 0.25) is 5.91 Å². The van der Waals surface area contributed by atoms with E-state index in [-0.39, 0.29) is 11.8 Å². The number of carbonyl (C=O) groups is 1. The van der Waals surface area contributed by atoms with Crippen molar-refractivity contribution in [3.8, 4) is 6.07 Å². The summed E-state index contributed by atoms with van der Waals surface area (Å²) >= 11 is 3.34. The predicted octanol–water partition coefficient (Wildman–Crippen LogP) is 3.57. The zero-order valence-electron chi connectivity index (χ0n) is 10.6. The van der Waals surface area contributed by atoms with Crippen LogP contribution in [0.5, 0.6) is 0 Å². The van der Waals surface area contributed by atoms with Crippen LogP contribution >= 0.6 is 15.9 Å². The van der Waals surface area contributed by atoms with E-state index in [0.717, 1.165) is 22.9 Å². The molecule has 18 heavy (non-hydrogen) atoms. The minimum atomic E-state index is -0.578. The Morgan fingerprint density at radius 3 is 2.33 bits per heavy atom. The second-order valence-corrected chi connectivity index (χ2v) is 5.05. The first kappa shape index (κ1) is 14.7. The molecule has 0 aliphatic rings. The lowest BCUT2D eigenvalue weighted by Gasteiger charge is -2.16. The van der Waals surface area contributed by atoms with Gasteiger partial charge in [0.15, 0.2) is 0 Å². The predicted molar refractivity (Wildman–Crippen MR) is 74.7 cm³/mol. The Labute approximate surface area is 116 Å². The van der Waals surface area contributed by atoms with Crippen molar-refractivity contribution in [1.82, 2.24) is 5.32 Å². The van der Waals surface area contributed by atoms with Gasteiger partial charge in [-0.05, 0) is 30.5 Å². The van der Waals surface area contributed by atoms with Gasteiger partial charge in [0.25, 0.3) is 0 Å². The summed E-state index contributed by atoms with van der Waals surface area (Å²) in [7, 11) is 0. The van der Waals surface area contributed by atoms with Gasteiger partial charge in [0.05, 0.1) is 6.07 Å². The molecule has 96 valence electrons. The first-order valence-corrected chi connectivity index (χ1v) is 6.87. The molecule has 1 unspecified atom stereocenters. The number of carbonyl (C=O) groups excluding carboxylic acids is 1. The number of nitriles is 1. The summed E-state index contributed by atoms with van der Waals surface area (Å²) < 4.78 is 0.953. The Bertz CT molecular complexity index is 432. The normalized spacial score (nSPS) is 11.9. The smallest absolute Gasteiger partial charge is 0.224 e. The van der Waals surface area contributed by atoms with Gasteiger partial charge >= 0.3 is 0 Å². The molecule has 0 aromatic heterocycles. The largest absolute Gasteiger partial charge is 0.336 e. The summed E-state index contributed by atoms with van der Waals surface area (Å²) in [6, 6.07) is 8.95. The topological polar surface area (TPSA) is 52.9 Å². The molecule has 0 spiro atoms. The third kappa shape index (κ3) is 3.85. The highest BCUT2D eigenvalue weighted by molar-refractivity contribution is 9.10. The maximum atomic E-state index is 11.9. The lowest BCUT2D eigenvalue weighted by atomic mass is 10.0. The molecule has 0 bridgehead atoms. The molecule has 1 N–H and O–H groups in total. The summed E-state index contributed by atoms with van der Waals surface area (Å²) in [4.78, 5) is 11.9. The van der Waals surface area contributed by atoms with Crippen LogP contribution in [0.2, 0.25) is 0 Å². The second kappa shape index (κ2) is 7.17. The van der Waals surface area contributed by atoms with Crippen molar-refractivity contribution >= 4 is 21.8 Å². The molecule has 1 amide bonds. The van der Waals surface area contributed by atoms with E-state index in [1.54, 1.807) is 0 Å². The van der Waals surface area contributed by atoms with Crippen LogP contribution in [-0.4, -0.2) is 5.91 Å². The van der Waals surface area contributed by atoms with Crippen LogP contribution in [-0.2, 0) is 4.79 Å². The van der Waals surface area contributed by atoms with Crippen molar-refractivity contribution in [2.24, 2.45) is 5.92 Å². The molecule has 1 aromatic rings. The Balaban J connectivity index is 2.77. The molecule has 1 aromatic carbocycles. The van der Waals surface area contributed by atoms with E-state index < -0.39 is 6.04 Å². The van der Waals surface area contributed by atoms with Crippen LogP contribution in [0.3, 0.4) is 0 Å². The Kier molecular flexibility index (Phi) is 5.87. The van der Waals surface area contributed by atoms with Gasteiger partial charge in [0, 0.05) is 10.4 Å². The number of rotatable bonds is 5. The van der Waals surface area contributed by atoms with E-state index in [1.807, 2.05) is 38.1 Å². The molecule has 4 heteroatoms. The summed E-state index contributed by atoms with van der Waals surface area (Å²) in [5.41, 5.74) is 0.806. The monoisotopic (exact) mass is 308 g/mol. The number of nitrogens with zero attached hydrogens (tertiary/aromatic N) is 1. The van der Waals surface area contributed by atoms with E-state index in [9.17, 15) is 4.79 Å². The van der Waals surface area contributed by atoms with E-state index >= 15 is 0 Å². The molecule has 0 saturated carbocycles. The number of hydrogen-bond acceptors (Lipinski definition) is 2. The van der Waals surface area contributed by atoms with Crippen LogP contribution in [0.4, 0.5) is 0 Å². The van der Waals surface area contributed by atoms with Gasteiger partial charge in [-0.25, -0.2) is 0 Å². The van der Waals surface area contributed by atoms with Gasteiger partial charge in [-0.2, -0.15) is 5.26 Å². The Morgan fingerprint density at radius 2 is 1.89 bits per heavy atom. The number of hydrogen-bond donors (Lipinski definition) is 1. The molecule has 0 fully saturated rings. The van der Waals surface area contributed by atoms with Crippen LogP contribution in [0, 0.1) is 17.2 Å². The molecule has 1 rings (SSSR count). The average Bonchev–Trinajstić information content (AvgIpc) is 2.38. The molecule has 0 aliphatic heterocycles. The average molecular weight is 309 g/mol. The van der Waals surface area contributed by atoms with Crippen LogP contribution < -0.4 is 5.32 Å². The van der Waals surface area contributed by atoms with Crippen molar-refractivity contribution in [2.45, 2.75) is 32.7 Å². The first-order chi connectivity index (χ1) is 8.62. The highest BCUT2D eigenvalue weighted by atomic mass is 79.9. The van der Waals surface area contributed by atoms with Gasteiger partial charge in [-0.1, -0.05) is 41.9 Å². The maximum absolute atomic E-state index is 11.9. The zero-order valence-corrected chi connectivity index (χ0v) is 12.2. The molecular weight excluding hydrogens is 292 g/mol. The second-order valence-electron chi connectivity index (χ2n) is 4.14. The molecule has 0 saturated heterocycles. The molecular formula is C14H17BrN2O. The first-order valence-electron chi connectivity index (χ1n) is 6.07.